The van der Waals surface area contributed by atoms with E-state index in [0.717, 1.165) is 60.5 Å². The number of hydrogen-bond acceptors (Lipinski definition) is 4. The summed E-state index contributed by atoms with van der Waals surface area (Å²) < 4.78 is 4.36. The van der Waals surface area contributed by atoms with Crippen molar-refractivity contribution in [3.8, 4) is 46.8 Å². The lowest BCUT2D eigenvalue weighted by Gasteiger charge is -2.16. The molecule has 210 valence electrons. The Bertz CT molecular complexity index is 2620. The Morgan fingerprint density at radius 1 is 0.391 bits per heavy atom. The summed E-state index contributed by atoms with van der Waals surface area (Å²) in [6.07, 6.45) is 0. The average molecular weight is 585 g/mol. The Labute approximate surface area is 263 Å². The van der Waals surface area contributed by atoms with Crippen molar-refractivity contribution >= 4 is 43.6 Å². The molecule has 6 heteroatoms. The van der Waals surface area contributed by atoms with Gasteiger partial charge in [-0.3, -0.25) is 0 Å². The molecule has 0 aliphatic rings. The molecule has 6 aromatic carbocycles. The minimum Gasteiger partial charge on any atom is -0.309 e. The van der Waals surface area contributed by atoms with Gasteiger partial charge >= 0.3 is 0 Å². The van der Waals surface area contributed by atoms with Gasteiger partial charge in [0.05, 0.1) is 68.6 Å². The highest BCUT2D eigenvalue weighted by Crippen LogP contribution is 2.38. The second-order valence-electron chi connectivity index (χ2n) is 11.1. The van der Waals surface area contributed by atoms with Crippen LogP contribution < -0.4 is 0 Å². The molecule has 0 aliphatic heterocycles. The summed E-state index contributed by atoms with van der Waals surface area (Å²) in [5.41, 5.74) is 8.96. The number of fused-ring (bicyclic) bond motifs is 6. The molecule has 0 saturated carbocycles. The normalized spacial score (nSPS) is 11.0. The van der Waals surface area contributed by atoms with E-state index in [4.69, 9.17) is 0 Å². The maximum Gasteiger partial charge on any atom is 0.0998 e. The van der Waals surface area contributed by atoms with Crippen molar-refractivity contribution in [3.05, 3.63) is 144 Å². The maximum absolute atomic E-state index is 10.1. The predicted molar refractivity (Wildman–Crippen MR) is 179 cm³/mol. The second-order valence-corrected chi connectivity index (χ2v) is 11.1. The summed E-state index contributed by atoms with van der Waals surface area (Å²) >= 11 is 0. The number of para-hydroxylation sites is 2. The zero-order valence-electron chi connectivity index (χ0n) is 24.2. The quantitative estimate of drug-likeness (QED) is 0.207. The van der Waals surface area contributed by atoms with E-state index in [1.54, 1.807) is 30.3 Å². The van der Waals surface area contributed by atoms with E-state index in [1.165, 1.54) is 0 Å². The standard InChI is InChI=1S/C40H20N6/c41-21-25-9-12-28(24-44)34(15-25)29-18-30(45-37-7-3-1-5-32(37)33-6-2-4-8-38(33)45)20-31(19-29)46-39-13-10-26(22-42)16-35(39)36-17-27(23-43)11-14-40(36)46/h1-20H. The summed E-state index contributed by atoms with van der Waals surface area (Å²) in [4.78, 5) is 0. The fraction of sp³-hybridized carbons (Fsp3) is 0. The first-order valence-electron chi connectivity index (χ1n) is 14.6. The van der Waals surface area contributed by atoms with Crippen molar-refractivity contribution in [3.63, 3.8) is 0 Å². The van der Waals surface area contributed by atoms with Crippen LogP contribution in [0.1, 0.15) is 22.3 Å². The van der Waals surface area contributed by atoms with Crippen molar-refractivity contribution < 1.29 is 0 Å². The van der Waals surface area contributed by atoms with Crippen LogP contribution >= 0.6 is 0 Å². The highest BCUT2D eigenvalue weighted by atomic mass is 15.0. The third-order valence-electron chi connectivity index (χ3n) is 8.60. The van der Waals surface area contributed by atoms with Crippen molar-refractivity contribution in [2.45, 2.75) is 0 Å². The Kier molecular flexibility index (Phi) is 5.91. The van der Waals surface area contributed by atoms with Gasteiger partial charge in [-0.2, -0.15) is 21.0 Å². The summed E-state index contributed by atoms with van der Waals surface area (Å²) in [6.45, 7) is 0. The largest absolute Gasteiger partial charge is 0.309 e. The lowest BCUT2D eigenvalue weighted by atomic mass is 9.97. The first-order valence-corrected chi connectivity index (χ1v) is 14.6. The molecule has 0 fully saturated rings. The SMILES string of the molecule is N#Cc1ccc(C#N)c(-c2cc(-n3c4ccccc4c4ccccc43)cc(-n3c4ccc(C#N)cc4c4cc(C#N)ccc43)c2)c1. The number of aromatic nitrogens is 2. The van der Waals surface area contributed by atoms with Gasteiger partial charge < -0.3 is 9.13 Å². The van der Waals surface area contributed by atoms with Gasteiger partial charge in [0, 0.05) is 38.5 Å². The molecular formula is C40H20N6. The lowest BCUT2D eigenvalue weighted by molar-refractivity contribution is 1.13. The van der Waals surface area contributed by atoms with Gasteiger partial charge in [-0.25, -0.2) is 0 Å². The van der Waals surface area contributed by atoms with Crippen molar-refractivity contribution in [2.24, 2.45) is 0 Å². The molecule has 6 nitrogen and oxygen atoms in total. The van der Waals surface area contributed by atoms with Crippen LogP contribution in [-0.2, 0) is 0 Å². The first kappa shape index (κ1) is 26.5. The topological polar surface area (TPSA) is 105 Å². The Morgan fingerprint density at radius 3 is 1.35 bits per heavy atom. The molecule has 0 N–H and O–H groups in total. The van der Waals surface area contributed by atoms with Crippen LogP contribution in [0.3, 0.4) is 0 Å². The fourth-order valence-corrected chi connectivity index (χ4v) is 6.60. The van der Waals surface area contributed by atoms with Crippen LogP contribution in [0.15, 0.2) is 121 Å². The van der Waals surface area contributed by atoms with Crippen LogP contribution in [0.5, 0.6) is 0 Å². The fourth-order valence-electron chi connectivity index (χ4n) is 6.60. The zero-order chi connectivity index (χ0) is 31.4. The second kappa shape index (κ2) is 10.3. The van der Waals surface area contributed by atoms with E-state index in [-0.39, 0.29) is 0 Å². The van der Waals surface area contributed by atoms with Crippen molar-refractivity contribution in [2.75, 3.05) is 0 Å². The van der Waals surface area contributed by atoms with Gasteiger partial charge in [-0.15, -0.1) is 0 Å². The number of hydrogen-bond donors (Lipinski definition) is 0. The van der Waals surface area contributed by atoms with E-state index in [0.29, 0.717) is 27.8 Å². The smallest absolute Gasteiger partial charge is 0.0998 e. The third-order valence-corrected chi connectivity index (χ3v) is 8.60. The van der Waals surface area contributed by atoms with Gasteiger partial charge in [0.2, 0.25) is 0 Å². The molecular weight excluding hydrogens is 564 g/mol. The molecule has 2 heterocycles. The van der Waals surface area contributed by atoms with Gasteiger partial charge in [-0.05, 0) is 90.5 Å². The van der Waals surface area contributed by atoms with Crippen LogP contribution in [0.4, 0.5) is 0 Å². The van der Waals surface area contributed by atoms with Gasteiger partial charge in [0.1, 0.15) is 0 Å². The zero-order valence-corrected chi connectivity index (χ0v) is 24.2. The van der Waals surface area contributed by atoms with E-state index in [1.807, 2.05) is 54.6 Å². The van der Waals surface area contributed by atoms with Crippen LogP contribution in [0, 0.1) is 45.3 Å². The van der Waals surface area contributed by atoms with Crippen LogP contribution in [0.25, 0.3) is 66.1 Å². The maximum atomic E-state index is 10.1. The predicted octanol–water partition coefficient (Wildman–Crippen LogP) is 9.03. The summed E-state index contributed by atoms with van der Waals surface area (Å²) in [5.74, 6) is 0. The molecule has 0 atom stereocenters. The number of nitrogens with zero attached hydrogens (tertiary/aromatic N) is 6. The minimum atomic E-state index is 0.461. The van der Waals surface area contributed by atoms with Crippen molar-refractivity contribution in [1.82, 2.24) is 9.13 Å². The molecule has 2 aromatic heterocycles. The average Bonchev–Trinajstić information content (AvgIpc) is 3.63. The van der Waals surface area contributed by atoms with E-state index in [9.17, 15) is 21.0 Å². The monoisotopic (exact) mass is 584 g/mol. The summed E-state index contributed by atoms with van der Waals surface area (Å²) in [7, 11) is 0. The van der Waals surface area contributed by atoms with Gasteiger partial charge in [0.15, 0.2) is 0 Å². The van der Waals surface area contributed by atoms with E-state index in [2.05, 4.69) is 69.8 Å². The number of rotatable bonds is 3. The minimum absolute atomic E-state index is 0.461. The molecule has 0 spiro atoms. The molecule has 46 heavy (non-hydrogen) atoms. The lowest BCUT2D eigenvalue weighted by Crippen LogP contribution is -2.01. The van der Waals surface area contributed by atoms with E-state index < -0.39 is 0 Å². The van der Waals surface area contributed by atoms with Crippen molar-refractivity contribution in [1.29, 1.82) is 21.0 Å². The Balaban J connectivity index is 1.53. The Hall–Kier alpha value is -7.12. The first-order chi connectivity index (χ1) is 22.6. The Morgan fingerprint density at radius 2 is 0.848 bits per heavy atom. The molecule has 0 bridgehead atoms. The van der Waals surface area contributed by atoms with Crippen LogP contribution in [-0.4, -0.2) is 9.13 Å². The number of nitriles is 4. The summed E-state index contributed by atoms with van der Waals surface area (Å²) in [6, 6.07) is 48.1. The van der Waals surface area contributed by atoms with Crippen LogP contribution in [0.2, 0.25) is 0 Å². The molecule has 0 saturated heterocycles. The molecule has 0 radical (unpaired) electrons. The third kappa shape index (κ3) is 3.93. The molecule has 0 aliphatic carbocycles. The highest BCUT2D eigenvalue weighted by molar-refractivity contribution is 6.11. The molecule has 0 amide bonds. The molecule has 8 aromatic rings. The summed E-state index contributed by atoms with van der Waals surface area (Å²) in [5, 5.41) is 43.2. The van der Waals surface area contributed by atoms with E-state index >= 15 is 0 Å². The highest BCUT2D eigenvalue weighted by Gasteiger charge is 2.19. The van der Waals surface area contributed by atoms with Gasteiger partial charge in [0.25, 0.3) is 0 Å². The number of benzene rings is 6. The molecule has 0 unspecified atom stereocenters. The van der Waals surface area contributed by atoms with Gasteiger partial charge in [-0.1, -0.05) is 36.4 Å². The molecule has 8 rings (SSSR count).